The lowest BCUT2D eigenvalue weighted by atomic mass is 10.1. The summed E-state index contributed by atoms with van der Waals surface area (Å²) in [5, 5.41) is 3.16. The Labute approximate surface area is 189 Å². The van der Waals surface area contributed by atoms with E-state index in [2.05, 4.69) is 20.9 Å². The molecule has 7 nitrogen and oxygen atoms in total. The third-order valence-corrected chi connectivity index (χ3v) is 8.42. The van der Waals surface area contributed by atoms with Gasteiger partial charge in [-0.15, -0.1) is 0 Å². The molecule has 2 aromatic rings. The van der Waals surface area contributed by atoms with Crippen molar-refractivity contribution in [2.45, 2.75) is 43.0 Å². The Morgan fingerprint density at radius 1 is 1.13 bits per heavy atom. The van der Waals surface area contributed by atoms with Crippen LogP contribution in [0.2, 0.25) is 5.02 Å². The van der Waals surface area contributed by atoms with Gasteiger partial charge in [-0.2, -0.15) is 4.31 Å². The minimum atomic E-state index is -3.59. The molecule has 1 aromatic carbocycles. The molecule has 3 heterocycles. The van der Waals surface area contributed by atoms with E-state index < -0.39 is 10.0 Å². The number of benzene rings is 1. The molecular formula is C22H29ClN4O3S. The van der Waals surface area contributed by atoms with E-state index in [1.54, 1.807) is 0 Å². The number of nitrogens with one attached hydrogen (secondary N) is 1. The van der Waals surface area contributed by atoms with E-state index in [9.17, 15) is 13.2 Å². The summed E-state index contributed by atoms with van der Waals surface area (Å²) < 4.78 is 29.6. The summed E-state index contributed by atoms with van der Waals surface area (Å²) in [6.07, 6.45) is 6.85. The number of nitrogens with zero attached hydrogens (tertiary/aromatic N) is 3. The van der Waals surface area contributed by atoms with E-state index in [0.29, 0.717) is 23.8 Å². The van der Waals surface area contributed by atoms with Crippen LogP contribution in [0.5, 0.6) is 0 Å². The maximum absolute atomic E-state index is 13.0. The second-order valence-electron chi connectivity index (χ2n) is 8.33. The standard InChI is InChI=1S/C22H29ClN4O3S/c1-25-11-5-7-20(25)21-8-6-12-26(21)16-22(28)24-19-15-17(9-10-18(19)23)31(29,30)27-13-3-2-4-14-27/h5,7,9-11,15,21H,2-4,6,8,12-14,16H2,1H3,(H,24,28)/t21-/m0/s1. The summed E-state index contributed by atoms with van der Waals surface area (Å²) in [6, 6.07) is 8.83. The fourth-order valence-corrected chi connectivity index (χ4v) is 6.27. The molecule has 1 aromatic heterocycles. The number of amides is 1. The first-order valence-electron chi connectivity index (χ1n) is 10.8. The Morgan fingerprint density at radius 3 is 2.61 bits per heavy atom. The first-order valence-corrected chi connectivity index (χ1v) is 12.6. The number of hydrogen-bond acceptors (Lipinski definition) is 4. The predicted molar refractivity (Wildman–Crippen MR) is 122 cm³/mol. The van der Waals surface area contributed by atoms with Crippen LogP contribution in [0.1, 0.15) is 43.8 Å². The Morgan fingerprint density at radius 2 is 1.90 bits per heavy atom. The summed E-state index contributed by atoms with van der Waals surface area (Å²) in [4.78, 5) is 15.1. The molecule has 2 aliphatic heterocycles. The van der Waals surface area contributed by atoms with Crippen molar-refractivity contribution in [2.24, 2.45) is 7.05 Å². The minimum absolute atomic E-state index is 0.164. The maximum atomic E-state index is 13.0. The SMILES string of the molecule is Cn1cccc1[C@@H]1CCCN1CC(=O)Nc1cc(S(=O)(=O)N2CCCCC2)ccc1Cl. The van der Waals surface area contributed by atoms with Gasteiger partial charge in [0.1, 0.15) is 0 Å². The van der Waals surface area contributed by atoms with Crippen molar-refractivity contribution in [2.75, 3.05) is 31.5 Å². The third-order valence-electron chi connectivity index (χ3n) is 6.20. The summed E-state index contributed by atoms with van der Waals surface area (Å²) in [6.45, 7) is 2.14. The van der Waals surface area contributed by atoms with Crippen LogP contribution in [0.4, 0.5) is 5.69 Å². The zero-order valence-corrected chi connectivity index (χ0v) is 19.3. The van der Waals surface area contributed by atoms with Crippen molar-refractivity contribution in [3.63, 3.8) is 0 Å². The summed E-state index contributed by atoms with van der Waals surface area (Å²) in [7, 11) is -1.58. The van der Waals surface area contributed by atoms with Crippen molar-refractivity contribution in [1.82, 2.24) is 13.8 Å². The molecule has 4 rings (SSSR count). The second-order valence-corrected chi connectivity index (χ2v) is 10.7. The van der Waals surface area contributed by atoms with Crippen molar-refractivity contribution in [3.05, 3.63) is 47.2 Å². The van der Waals surface area contributed by atoms with Gasteiger partial charge < -0.3 is 9.88 Å². The van der Waals surface area contributed by atoms with Crippen LogP contribution in [0.15, 0.2) is 41.4 Å². The van der Waals surface area contributed by atoms with Gasteiger partial charge in [-0.1, -0.05) is 18.0 Å². The molecule has 1 atom stereocenters. The number of carbonyl (C=O) groups is 1. The Balaban J connectivity index is 1.47. The third kappa shape index (κ3) is 4.82. The number of anilines is 1. The molecular weight excluding hydrogens is 436 g/mol. The number of aryl methyl sites for hydroxylation is 1. The minimum Gasteiger partial charge on any atom is -0.353 e. The van der Waals surface area contributed by atoms with Gasteiger partial charge in [-0.05, 0) is 62.6 Å². The van der Waals surface area contributed by atoms with E-state index in [-0.39, 0.29) is 23.4 Å². The van der Waals surface area contributed by atoms with Crippen LogP contribution in [0.25, 0.3) is 0 Å². The Hall–Kier alpha value is -1.87. The fourth-order valence-electron chi connectivity index (χ4n) is 4.56. The highest BCUT2D eigenvalue weighted by atomic mass is 35.5. The molecule has 0 unspecified atom stereocenters. The average molecular weight is 465 g/mol. The molecule has 0 aliphatic carbocycles. The molecule has 2 aliphatic rings. The van der Waals surface area contributed by atoms with Crippen LogP contribution in [0.3, 0.4) is 0 Å². The number of sulfonamides is 1. The summed E-state index contributed by atoms with van der Waals surface area (Å²) in [5.41, 5.74) is 1.53. The van der Waals surface area contributed by atoms with Crippen LogP contribution in [-0.4, -0.2) is 54.3 Å². The highest BCUT2D eigenvalue weighted by Crippen LogP contribution is 2.32. The number of hydrogen-bond donors (Lipinski definition) is 1. The van der Waals surface area contributed by atoms with Gasteiger partial charge in [-0.25, -0.2) is 8.42 Å². The van der Waals surface area contributed by atoms with Crippen LogP contribution in [-0.2, 0) is 21.9 Å². The van der Waals surface area contributed by atoms with Gasteiger partial charge in [0.2, 0.25) is 15.9 Å². The number of halogens is 1. The van der Waals surface area contributed by atoms with E-state index in [4.69, 9.17) is 11.6 Å². The van der Waals surface area contributed by atoms with Crippen molar-refractivity contribution in [1.29, 1.82) is 0 Å². The predicted octanol–water partition coefficient (Wildman–Crippen LogP) is 3.63. The zero-order valence-electron chi connectivity index (χ0n) is 17.8. The normalized spacial score (nSPS) is 20.8. The lowest BCUT2D eigenvalue weighted by molar-refractivity contribution is -0.117. The summed E-state index contributed by atoms with van der Waals surface area (Å²) >= 11 is 6.28. The van der Waals surface area contributed by atoms with Gasteiger partial charge >= 0.3 is 0 Å². The average Bonchev–Trinajstić information content (AvgIpc) is 3.38. The maximum Gasteiger partial charge on any atom is 0.243 e. The quantitative estimate of drug-likeness (QED) is 0.708. The zero-order chi connectivity index (χ0) is 22.0. The fraction of sp³-hybridized carbons (Fsp3) is 0.500. The number of likely N-dealkylation sites (tertiary alicyclic amines) is 1. The van der Waals surface area contributed by atoms with Gasteiger partial charge in [0.05, 0.1) is 28.2 Å². The molecule has 0 radical (unpaired) electrons. The van der Waals surface area contributed by atoms with Gasteiger partial charge in [-0.3, -0.25) is 9.69 Å². The van der Waals surface area contributed by atoms with E-state index >= 15 is 0 Å². The molecule has 0 spiro atoms. The largest absolute Gasteiger partial charge is 0.353 e. The molecule has 31 heavy (non-hydrogen) atoms. The second kappa shape index (κ2) is 9.32. The highest BCUT2D eigenvalue weighted by Gasteiger charge is 2.30. The molecule has 1 N–H and O–H groups in total. The first kappa shape index (κ1) is 22.3. The molecule has 9 heteroatoms. The molecule has 0 bridgehead atoms. The van der Waals surface area contributed by atoms with Gasteiger partial charge in [0, 0.05) is 32.0 Å². The molecule has 1 amide bonds. The smallest absolute Gasteiger partial charge is 0.243 e. The van der Waals surface area contributed by atoms with Crippen LogP contribution in [0, 0.1) is 0 Å². The number of aromatic nitrogens is 1. The topological polar surface area (TPSA) is 74.6 Å². The molecule has 2 saturated heterocycles. The number of rotatable bonds is 6. The van der Waals surface area contributed by atoms with E-state index in [1.807, 2.05) is 19.3 Å². The Kier molecular flexibility index (Phi) is 6.71. The van der Waals surface area contributed by atoms with E-state index in [0.717, 1.165) is 38.6 Å². The molecule has 2 fully saturated rings. The monoisotopic (exact) mass is 464 g/mol. The van der Waals surface area contributed by atoms with Crippen LogP contribution >= 0.6 is 11.6 Å². The van der Waals surface area contributed by atoms with Crippen LogP contribution < -0.4 is 5.32 Å². The first-order chi connectivity index (χ1) is 14.9. The van der Waals surface area contributed by atoms with Gasteiger partial charge in [0.25, 0.3) is 0 Å². The lowest BCUT2D eigenvalue weighted by Crippen LogP contribution is -2.35. The van der Waals surface area contributed by atoms with E-state index in [1.165, 1.54) is 28.2 Å². The Bertz CT molecular complexity index is 1050. The van der Waals surface area contributed by atoms with Crippen molar-refractivity contribution >= 4 is 33.2 Å². The molecule has 0 saturated carbocycles. The van der Waals surface area contributed by atoms with Gasteiger partial charge in [0.15, 0.2) is 0 Å². The van der Waals surface area contributed by atoms with Crippen molar-refractivity contribution in [3.8, 4) is 0 Å². The number of piperidine rings is 1. The summed E-state index contributed by atoms with van der Waals surface area (Å²) in [5.74, 6) is -0.199. The number of carbonyl (C=O) groups excluding carboxylic acids is 1. The highest BCUT2D eigenvalue weighted by molar-refractivity contribution is 7.89. The molecule has 168 valence electrons. The lowest BCUT2D eigenvalue weighted by Gasteiger charge is -2.26. The van der Waals surface area contributed by atoms with Crippen molar-refractivity contribution < 1.29 is 13.2 Å².